The fourth-order valence-corrected chi connectivity index (χ4v) is 2.85. The summed E-state index contributed by atoms with van der Waals surface area (Å²) in [4.78, 5) is 0. The average Bonchev–Trinajstić information content (AvgIpc) is 2.54. The molecule has 116 valence electrons. The average molecular weight is 306 g/mol. The highest BCUT2D eigenvalue weighted by molar-refractivity contribution is 5.53. The quantitative estimate of drug-likeness (QED) is 0.633. The summed E-state index contributed by atoms with van der Waals surface area (Å²) in [6.45, 7) is 1.82. The molecule has 3 N–H and O–H groups in total. The lowest BCUT2D eigenvalue weighted by molar-refractivity contribution is 0.458. The highest BCUT2D eigenvalue weighted by Crippen LogP contribution is 2.40. The van der Waals surface area contributed by atoms with E-state index in [1.165, 1.54) is 0 Å². The van der Waals surface area contributed by atoms with Crippen molar-refractivity contribution in [2.45, 2.75) is 12.8 Å². The van der Waals surface area contributed by atoms with Gasteiger partial charge in [0.05, 0.1) is 0 Å². The van der Waals surface area contributed by atoms with E-state index in [4.69, 9.17) is 0 Å². The maximum Gasteiger partial charge on any atom is 0.119 e. The van der Waals surface area contributed by atoms with Gasteiger partial charge in [0.25, 0.3) is 0 Å². The third-order valence-electron chi connectivity index (χ3n) is 4.05. The number of benzene rings is 3. The Morgan fingerprint density at radius 1 is 0.652 bits per heavy atom. The number of rotatable bonds is 3. The first-order valence-corrected chi connectivity index (χ1v) is 7.43. The Kier molecular flexibility index (Phi) is 3.94. The van der Waals surface area contributed by atoms with E-state index in [0.29, 0.717) is 11.1 Å². The van der Waals surface area contributed by atoms with Crippen molar-refractivity contribution in [2.75, 3.05) is 0 Å². The monoisotopic (exact) mass is 306 g/mol. The van der Waals surface area contributed by atoms with Gasteiger partial charge in [-0.15, -0.1) is 0 Å². The van der Waals surface area contributed by atoms with Crippen LogP contribution in [0.5, 0.6) is 17.2 Å². The topological polar surface area (TPSA) is 60.7 Å². The first kappa shape index (κ1) is 15.0. The Balaban J connectivity index is 2.24. The van der Waals surface area contributed by atoms with Gasteiger partial charge in [-0.25, -0.2) is 0 Å². The van der Waals surface area contributed by atoms with Crippen LogP contribution in [0.1, 0.15) is 28.2 Å². The highest BCUT2D eigenvalue weighted by atomic mass is 16.3. The maximum absolute atomic E-state index is 10.3. The molecule has 0 saturated heterocycles. The molecule has 0 aliphatic heterocycles. The first-order valence-electron chi connectivity index (χ1n) is 7.43. The van der Waals surface area contributed by atoms with E-state index in [1.54, 1.807) is 30.3 Å². The van der Waals surface area contributed by atoms with Crippen LogP contribution in [0.2, 0.25) is 0 Å². The number of phenols is 3. The summed E-state index contributed by atoms with van der Waals surface area (Å²) in [5, 5.41) is 30.4. The Hall–Kier alpha value is -2.94. The number of aryl methyl sites for hydroxylation is 1. The molecule has 23 heavy (non-hydrogen) atoms. The molecule has 0 bridgehead atoms. The molecule has 0 aliphatic rings. The standard InChI is InChI=1S/C20H18O3/c1-13-12-14(10-11-17(13)21)20(15-6-2-4-8-18(15)22)16-7-3-5-9-19(16)23/h2-12,20-23H,1H3. The van der Waals surface area contributed by atoms with Gasteiger partial charge < -0.3 is 15.3 Å². The fourth-order valence-electron chi connectivity index (χ4n) is 2.85. The molecule has 3 rings (SSSR count). The lowest BCUT2D eigenvalue weighted by atomic mass is 9.83. The van der Waals surface area contributed by atoms with Crippen molar-refractivity contribution < 1.29 is 15.3 Å². The summed E-state index contributed by atoms with van der Waals surface area (Å²) in [7, 11) is 0. The molecule has 3 aromatic rings. The molecule has 0 aliphatic carbocycles. The number of hydrogen-bond acceptors (Lipinski definition) is 3. The van der Waals surface area contributed by atoms with E-state index < -0.39 is 0 Å². The van der Waals surface area contributed by atoms with E-state index in [0.717, 1.165) is 11.1 Å². The number of para-hydroxylation sites is 2. The van der Waals surface area contributed by atoms with Crippen molar-refractivity contribution in [1.29, 1.82) is 0 Å². The molecular formula is C20H18O3. The molecule has 0 aromatic heterocycles. The van der Waals surface area contributed by atoms with Gasteiger partial charge >= 0.3 is 0 Å². The molecule has 0 unspecified atom stereocenters. The molecule has 0 saturated carbocycles. The SMILES string of the molecule is Cc1cc(C(c2ccccc2O)c2ccccc2O)ccc1O. The molecule has 0 atom stereocenters. The molecule has 0 fully saturated rings. The first-order chi connectivity index (χ1) is 11.1. The van der Waals surface area contributed by atoms with Crippen LogP contribution in [0.3, 0.4) is 0 Å². The van der Waals surface area contributed by atoms with Gasteiger partial charge in [-0.1, -0.05) is 48.5 Å². The summed E-state index contributed by atoms with van der Waals surface area (Å²) in [5.41, 5.74) is 3.06. The third-order valence-corrected chi connectivity index (χ3v) is 4.05. The normalized spacial score (nSPS) is 10.9. The molecule has 3 nitrogen and oxygen atoms in total. The van der Waals surface area contributed by atoms with Crippen molar-refractivity contribution in [3.63, 3.8) is 0 Å². The van der Waals surface area contributed by atoms with Crippen LogP contribution in [-0.4, -0.2) is 15.3 Å². The Bertz CT molecular complexity index is 794. The van der Waals surface area contributed by atoms with Crippen molar-refractivity contribution in [3.05, 3.63) is 89.0 Å². The van der Waals surface area contributed by atoms with Gasteiger partial charge in [-0.05, 0) is 36.2 Å². The minimum absolute atomic E-state index is 0.173. The second kappa shape index (κ2) is 6.05. The van der Waals surface area contributed by atoms with E-state index in [2.05, 4.69) is 0 Å². The van der Waals surface area contributed by atoms with Gasteiger partial charge in [-0.3, -0.25) is 0 Å². The second-order valence-corrected chi connectivity index (χ2v) is 5.60. The van der Waals surface area contributed by atoms with Crippen LogP contribution < -0.4 is 0 Å². The zero-order valence-electron chi connectivity index (χ0n) is 12.8. The van der Waals surface area contributed by atoms with Gasteiger partial charge in [0.2, 0.25) is 0 Å². The zero-order chi connectivity index (χ0) is 16.4. The highest BCUT2D eigenvalue weighted by Gasteiger charge is 2.22. The second-order valence-electron chi connectivity index (χ2n) is 5.60. The summed E-state index contributed by atoms with van der Waals surface area (Å²) in [6, 6.07) is 19.5. The fraction of sp³-hybridized carbons (Fsp3) is 0.100. The maximum atomic E-state index is 10.3. The third kappa shape index (κ3) is 2.86. The van der Waals surface area contributed by atoms with Gasteiger partial charge in [0.15, 0.2) is 0 Å². The van der Waals surface area contributed by atoms with Gasteiger partial charge in [0, 0.05) is 17.0 Å². The van der Waals surface area contributed by atoms with Crippen molar-refractivity contribution in [1.82, 2.24) is 0 Å². The summed E-state index contributed by atoms with van der Waals surface area (Å²) >= 11 is 0. The van der Waals surface area contributed by atoms with E-state index in [1.807, 2.05) is 43.3 Å². The smallest absolute Gasteiger partial charge is 0.119 e. The summed E-state index contributed by atoms with van der Waals surface area (Å²) < 4.78 is 0. The molecule has 0 spiro atoms. The minimum Gasteiger partial charge on any atom is -0.508 e. The molecule has 3 aromatic carbocycles. The Morgan fingerprint density at radius 3 is 1.65 bits per heavy atom. The van der Waals surface area contributed by atoms with Crippen LogP contribution in [0.25, 0.3) is 0 Å². The van der Waals surface area contributed by atoms with Crippen LogP contribution in [0.4, 0.5) is 0 Å². The lowest BCUT2D eigenvalue weighted by Crippen LogP contribution is -2.04. The summed E-state index contributed by atoms with van der Waals surface area (Å²) in [6.07, 6.45) is 0. The van der Waals surface area contributed by atoms with Crippen LogP contribution in [-0.2, 0) is 0 Å². The van der Waals surface area contributed by atoms with Crippen LogP contribution in [0.15, 0.2) is 66.7 Å². The predicted octanol–water partition coefficient (Wildman–Crippen LogP) is 4.29. The molecule has 0 amide bonds. The molecule has 0 radical (unpaired) electrons. The predicted molar refractivity (Wildman–Crippen MR) is 90.0 cm³/mol. The van der Waals surface area contributed by atoms with Crippen molar-refractivity contribution in [2.24, 2.45) is 0 Å². The Labute approximate surface area is 135 Å². The molecule has 3 heteroatoms. The Morgan fingerprint density at radius 2 is 1.17 bits per heavy atom. The zero-order valence-corrected chi connectivity index (χ0v) is 12.8. The lowest BCUT2D eigenvalue weighted by Gasteiger charge is -2.21. The van der Waals surface area contributed by atoms with E-state index in [9.17, 15) is 15.3 Å². The van der Waals surface area contributed by atoms with Crippen molar-refractivity contribution >= 4 is 0 Å². The van der Waals surface area contributed by atoms with E-state index >= 15 is 0 Å². The largest absolute Gasteiger partial charge is 0.508 e. The van der Waals surface area contributed by atoms with Gasteiger partial charge in [0.1, 0.15) is 17.2 Å². The van der Waals surface area contributed by atoms with Gasteiger partial charge in [-0.2, -0.15) is 0 Å². The number of phenolic OH excluding ortho intramolecular Hbond substituents is 3. The number of aromatic hydroxyl groups is 3. The van der Waals surface area contributed by atoms with Crippen LogP contribution >= 0.6 is 0 Å². The molecule has 0 heterocycles. The minimum atomic E-state index is -0.323. The van der Waals surface area contributed by atoms with Crippen molar-refractivity contribution in [3.8, 4) is 17.2 Å². The summed E-state index contributed by atoms with van der Waals surface area (Å²) in [5.74, 6) is 0.247. The van der Waals surface area contributed by atoms with E-state index in [-0.39, 0.29) is 23.2 Å². The van der Waals surface area contributed by atoms with Crippen LogP contribution in [0, 0.1) is 6.92 Å². The number of hydrogen-bond donors (Lipinski definition) is 3. The molecular weight excluding hydrogens is 288 g/mol.